The van der Waals surface area contributed by atoms with E-state index in [0.29, 0.717) is 12.3 Å². The normalized spacial score (nSPS) is 21.5. The summed E-state index contributed by atoms with van der Waals surface area (Å²) in [5.74, 6) is -0.202. The third-order valence-electron chi connectivity index (χ3n) is 3.70. The lowest BCUT2D eigenvalue weighted by atomic mass is 10.2. The van der Waals surface area contributed by atoms with Gasteiger partial charge in [0.1, 0.15) is 11.9 Å². The van der Waals surface area contributed by atoms with Crippen LogP contribution in [0.1, 0.15) is 12.0 Å². The fourth-order valence-corrected chi connectivity index (χ4v) is 2.60. The van der Waals surface area contributed by atoms with E-state index in [0.717, 1.165) is 5.56 Å². The van der Waals surface area contributed by atoms with E-state index in [1.807, 2.05) is 18.2 Å². The standard InChI is InChI=1S/C15H20FN3O3/c1-22-13-5-3-2-4-10(13)7-18-14(20)9-19-8-11(16)6-12(19)15(17)21/h2-5,11-12H,6-9H2,1H3,(H2,17,21)(H,18,20)/t11-,12+/m1/s1. The van der Waals surface area contributed by atoms with E-state index in [2.05, 4.69) is 5.32 Å². The first-order valence-electron chi connectivity index (χ1n) is 7.07. The molecule has 6 nitrogen and oxygen atoms in total. The molecule has 22 heavy (non-hydrogen) atoms. The van der Waals surface area contributed by atoms with Crippen LogP contribution in [0.15, 0.2) is 24.3 Å². The minimum atomic E-state index is -1.13. The largest absolute Gasteiger partial charge is 0.496 e. The summed E-state index contributed by atoms with van der Waals surface area (Å²) < 4.78 is 18.6. The minimum Gasteiger partial charge on any atom is -0.496 e. The summed E-state index contributed by atoms with van der Waals surface area (Å²) in [6.07, 6.45) is -1.07. The topological polar surface area (TPSA) is 84.7 Å². The highest BCUT2D eigenvalue weighted by Gasteiger charge is 2.36. The molecule has 2 amide bonds. The maximum Gasteiger partial charge on any atom is 0.234 e. The molecule has 0 aromatic heterocycles. The van der Waals surface area contributed by atoms with E-state index < -0.39 is 18.1 Å². The number of alkyl halides is 1. The summed E-state index contributed by atoms with van der Waals surface area (Å²) in [5.41, 5.74) is 6.08. The molecule has 0 radical (unpaired) electrons. The van der Waals surface area contributed by atoms with Crippen molar-refractivity contribution >= 4 is 11.8 Å². The number of hydrogen-bond acceptors (Lipinski definition) is 4. The van der Waals surface area contributed by atoms with Crippen molar-refractivity contribution in [2.75, 3.05) is 20.2 Å². The van der Waals surface area contributed by atoms with E-state index in [-0.39, 0.29) is 25.4 Å². The number of para-hydroxylation sites is 1. The van der Waals surface area contributed by atoms with Crippen molar-refractivity contribution in [3.05, 3.63) is 29.8 Å². The SMILES string of the molecule is COc1ccccc1CNC(=O)CN1C[C@H](F)C[C@H]1C(N)=O. The van der Waals surface area contributed by atoms with Gasteiger partial charge in [-0.3, -0.25) is 14.5 Å². The average molecular weight is 309 g/mol. The second-order valence-electron chi connectivity index (χ2n) is 5.27. The molecule has 7 heteroatoms. The van der Waals surface area contributed by atoms with Crippen LogP contribution in [0, 0.1) is 0 Å². The third-order valence-corrected chi connectivity index (χ3v) is 3.70. The quantitative estimate of drug-likeness (QED) is 0.787. The zero-order valence-electron chi connectivity index (χ0n) is 12.4. The van der Waals surface area contributed by atoms with Crippen LogP contribution in [0.5, 0.6) is 5.75 Å². The number of nitrogens with one attached hydrogen (secondary N) is 1. The number of primary amides is 1. The number of carbonyl (C=O) groups excluding carboxylic acids is 2. The van der Waals surface area contributed by atoms with Crippen molar-refractivity contribution in [3.8, 4) is 5.75 Å². The maximum atomic E-state index is 13.4. The van der Waals surface area contributed by atoms with Gasteiger partial charge in [-0.1, -0.05) is 18.2 Å². The molecule has 1 aromatic rings. The molecule has 0 aliphatic carbocycles. The first kappa shape index (κ1) is 16.2. The lowest BCUT2D eigenvalue weighted by Crippen LogP contribution is -2.45. The molecule has 120 valence electrons. The second kappa shape index (κ2) is 7.22. The number of nitrogens with two attached hydrogens (primary N) is 1. The molecular formula is C15H20FN3O3. The van der Waals surface area contributed by atoms with Crippen molar-refractivity contribution in [2.45, 2.75) is 25.2 Å². The van der Waals surface area contributed by atoms with Crippen LogP contribution in [0.4, 0.5) is 4.39 Å². The molecule has 2 rings (SSSR count). The van der Waals surface area contributed by atoms with Gasteiger partial charge in [-0.2, -0.15) is 0 Å². The van der Waals surface area contributed by atoms with Crippen LogP contribution in [0.25, 0.3) is 0 Å². The molecule has 2 atom stereocenters. The van der Waals surface area contributed by atoms with Gasteiger partial charge in [0.25, 0.3) is 0 Å². The number of likely N-dealkylation sites (tertiary alicyclic amines) is 1. The van der Waals surface area contributed by atoms with Gasteiger partial charge in [-0.05, 0) is 6.07 Å². The molecule has 1 fully saturated rings. The predicted octanol–water partition coefficient (Wildman–Crippen LogP) is 0.209. The monoisotopic (exact) mass is 309 g/mol. The van der Waals surface area contributed by atoms with Gasteiger partial charge in [-0.25, -0.2) is 4.39 Å². The lowest BCUT2D eigenvalue weighted by Gasteiger charge is -2.20. The molecule has 0 saturated carbocycles. The molecular weight excluding hydrogens is 289 g/mol. The van der Waals surface area contributed by atoms with E-state index in [9.17, 15) is 14.0 Å². The van der Waals surface area contributed by atoms with Gasteiger partial charge in [0.15, 0.2) is 0 Å². The summed E-state index contributed by atoms with van der Waals surface area (Å²) in [7, 11) is 1.56. The number of ether oxygens (including phenoxy) is 1. The van der Waals surface area contributed by atoms with Gasteiger partial charge in [0.05, 0.1) is 19.7 Å². The van der Waals surface area contributed by atoms with Crippen LogP contribution < -0.4 is 15.8 Å². The van der Waals surface area contributed by atoms with Crippen LogP contribution >= 0.6 is 0 Å². The van der Waals surface area contributed by atoms with Crippen molar-refractivity contribution in [3.63, 3.8) is 0 Å². The summed E-state index contributed by atoms with van der Waals surface area (Å²) in [4.78, 5) is 24.7. The first-order valence-corrected chi connectivity index (χ1v) is 7.07. The number of rotatable bonds is 6. The number of nitrogens with zero attached hydrogens (tertiary/aromatic N) is 1. The highest BCUT2D eigenvalue weighted by molar-refractivity contribution is 5.83. The third kappa shape index (κ3) is 3.94. The zero-order valence-corrected chi connectivity index (χ0v) is 12.4. The second-order valence-corrected chi connectivity index (χ2v) is 5.27. The fourth-order valence-electron chi connectivity index (χ4n) is 2.60. The Morgan fingerprint density at radius 3 is 2.86 bits per heavy atom. The van der Waals surface area contributed by atoms with Crippen molar-refractivity contribution in [1.29, 1.82) is 0 Å². The molecule has 0 spiro atoms. The number of halogens is 1. The van der Waals surface area contributed by atoms with E-state index in [4.69, 9.17) is 10.5 Å². The van der Waals surface area contributed by atoms with Crippen molar-refractivity contribution in [1.82, 2.24) is 10.2 Å². The zero-order chi connectivity index (χ0) is 16.1. The number of benzene rings is 1. The number of amides is 2. The molecule has 0 unspecified atom stereocenters. The predicted molar refractivity (Wildman–Crippen MR) is 78.9 cm³/mol. The Kier molecular flexibility index (Phi) is 5.32. The number of hydrogen-bond donors (Lipinski definition) is 2. The highest BCUT2D eigenvalue weighted by Crippen LogP contribution is 2.20. The molecule has 1 aromatic carbocycles. The number of methoxy groups -OCH3 is 1. The number of carbonyl (C=O) groups is 2. The van der Waals surface area contributed by atoms with Crippen LogP contribution in [-0.2, 0) is 16.1 Å². The molecule has 1 aliphatic rings. The van der Waals surface area contributed by atoms with Gasteiger partial charge < -0.3 is 15.8 Å². The Labute approximate surface area is 128 Å². The van der Waals surface area contributed by atoms with Crippen LogP contribution in [0.3, 0.4) is 0 Å². The Balaban J connectivity index is 1.89. The van der Waals surface area contributed by atoms with Crippen molar-refractivity contribution < 1.29 is 18.7 Å². The van der Waals surface area contributed by atoms with Gasteiger partial charge in [0, 0.05) is 25.1 Å². The Hall–Kier alpha value is -2.15. The molecule has 1 aliphatic heterocycles. The van der Waals surface area contributed by atoms with Gasteiger partial charge in [-0.15, -0.1) is 0 Å². The molecule has 3 N–H and O–H groups in total. The summed E-state index contributed by atoms with van der Waals surface area (Å²) in [6.45, 7) is 0.301. The van der Waals surface area contributed by atoms with E-state index in [1.54, 1.807) is 13.2 Å². The summed E-state index contributed by atoms with van der Waals surface area (Å²) >= 11 is 0. The highest BCUT2D eigenvalue weighted by atomic mass is 19.1. The lowest BCUT2D eigenvalue weighted by molar-refractivity contribution is -0.125. The van der Waals surface area contributed by atoms with E-state index in [1.165, 1.54) is 4.90 Å². The fraction of sp³-hybridized carbons (Fsp3) is 0.467. The summed E-state index contributed by atoms with van der Waals surface area (Å²) in [6, 6.07) is 6.62. The Morgan fingerprint density at radius 2 is 2.18 bits per heavy atom. The molecule has 0 bridgehead atoms. The minimum absolute atomic E-state index is 0.0507. The van der Waals surface area contributed by atoms with Gasteiger partial charge >= 0.3 is 0 Å². The maximum absolute atomic E-state index is 13.4. The first-order chi connectivity index (χ1) is 10.5. The van der Waals surface area contributed by atoms with Crippen LogP contribution in [0.2, 0.25) is 0 Å². The smallest absolute Gasteiger partial charge is 0.234 e. The summed E-state index contributed by atoms with van der Waals surface area (Å²) in [5, 5.41) is 2.74. The Bertz CT molecular complexity index is 553. The average Bonchev–Trinajstić information content (AvgIpc) is 2.86. The molecule has 1 heterocycles. The molecule has 1 saturated heterocycles. The van der Waals surface area contributed by atoms with E-state index >= 15 is 0 Å². The van der Waals surface area contributed by atoms with Gasteiger partial charge in [0.2, 0.25) is 11.8 Å². The Morgan fingerprint density at radius 1 is 1.45 bits per heavy atom. The van der Waals surface area contributed by atoms with Crippen LogP contribution in [-0.4, -0.2) is 49.1 Å². The van der Waals surface area contributed by atoms with Crippen molar-refractivity contribution in [2.24, 2.45) is 5.73 Å².